The second-order valence-electron chi connectivity index (χ2n) is 5.66. The third-order valence-corrected chi connectivity index (χ3v) is 4.03. The number of carbonyl (C=O) groups excluding carboxylic acids is 3. The molecule has 2 N–H and O–H groups in total. The predicted octanol–water partition coefficient (Wildman–Crippen LogP) is 0.0298. The number of hydrogen-bond acceptors (Lipinski definition) is 3. The van der Waals surface area contributed by atoms with Gasteiger partial charge in [0, 0.05) is 26.1 Å². The number of nitrogens with one attached hydrogen (secondary N) is 2. The fourth-order valence-corrected chi connectivity index (χ4v) is 2.74. The molecule has 0 saturated carbocycles. The summed E-state index contributed by atoms with van der Waals surface area (Å²) in [6.07, 6.45) is 4.20. The highest BCUT2D eigenvalue weighted by Gasteiger charge is 2.28. The first-order chi connectivity index (χ1) is 9.58. The molecule has 0 spiro atoms. The molecule has 0 aromatic rings. The minimum absolute atomic E-state index is 0.00195. The van der Waals surface area contributed by atoms with Crippen molar-refractivity contribution in [3.63, 3.8) is 0 Å². The van der Waals surface area contributed by atoms with Crippen LogP contribution < -0.4 is 10.6 Å². The lowest BCUT2D eigenvalue weighted by molar-refractivity contribution is -0.138. The summed E-state index contributed by atoms with van der Waals surface area (Å²) in [4.78, 5) is 37.2. The topological polar surface area (TPSA) is 78.5 Å². The van der Waals surface area contributed by atoms with Crippen LogP contribution in [-0.4, -0.2) is 48.3 Å². The first-order valence-corrected chi connectivity index (χ1v) is 7.44. The molecule has 0 aliphatic carbocycles. The zero-order chi connectivity index (χ0) is 14.5. The van der Waals surface area contributed by atoms with Gasteiger partial charge in [-0.05, 0) is 32.6 Å². The largest absolute Gasteiger partial charge is 0.355 e. The van der Waals surface area contributed by atoms with Crippen LogP contribution in [0.5, 0.6) is 0 Å². The van der Waals surface area contributed by atoms with Crippen LogP contribution in [0.25, 0.3) is 0 Å². The van der Waals surface area contributed by atoms with E-state index in [2.05, 4.69) is 10.6 Å². The van der Waals surface area contributed by atoms with Gasteiger partial charge >= 0.3 is 0 Å². The molecule has 3 amide bonds. The third kappa shape index (κ3) is 3.71. The molecule has 6 heteroatoms. The van der Waals surface area contributed by atoms with Gasteiger partial charge in [0.15, 0.2) is 0 Å². The van der Waals surface area contributed by atoms with Crippen LogP contribution in [0.1, 0.15) is 39.0 Å². The molecule has 6 nitrogen and oxygen atoms in total. The van der Waals surface area contributed by atoms with Crippen LogP contribution in [0.3, 0.4) is 0 Å². The first kappa shape index (κ1) is 14.8. The maximum Gasteiger partial charge on any atom is 0.244 e. The molecule has 2 rings (SSSR count). The number of likely N-dealkylation sites (tertiary alicyclic amines) is 1. The molecule has 0 aromatic heterocycles. The molecule has 20 heavy (non-hydrogen) atoms. The van der Waals surface area contributed by atoms with Crippen LogP contribution in [0, 0.1) is 5.92 Å². The van der Waals surface area contributed by atoms with Crippen LogP contribution in [0.15, 0.2) is 0 Å². The van der Waals surface area contributed by atoms with Gasteiger partial charge in [0.2, 0.25) is 17.7 Å². The van der Waals surface area contributed by atoms with E-state index in [1.54, 1.807) is 6.92 Å². The number of amides is 3. The summed E-state index contributed by atoms with van der Waals surface area (Å²) >= 11 is 0. The summed E-state index contributed by atoms with van der Waals surface area (Å²) < 4.78 is 0. The zero-order valence-corrected chi connectivity index (χ0v) is 12.0. The second-order valence-corrected chi connectivity index (χ2v) is 5.66. The molecule has 0 bridgehead atoms. The van der Waals surface area contributed by atoms with E-state index in [4.69, 9.17) is 0 Å². The van der Waals surface area contributed by atoms with Crippen molar-refractivity contribution in [2.45, 2.75) is 45.1 Å². The molecule has 0 aromatic carbocycles. The number of nitrogens with zero attached hydrogens (tertiary/aromatic N) is 1. The van der Waals surface area contributed by atoms with Crippen molar-refractivity contribution in [2.75, 3.05) is 19.6 Å². The third-order valence-electron chi connectivity index (χ3n) is 4.03. The maximum atomic E-state index is 12.2. The van der Waals surface area contributed by atoms with E-state index < -0.39 is 6.04 Å². The van der Waals surface area contributed by atoms with Crippen LogP contribution >= 0.6 is 0 Å². The summed E-state index contributed by atoms with van der Waals surface area (Å²) in [5.41, 5.74) is 0. The normalized spacial score (nSPS) is 24.8. The molecule has 2 aliphatic rings. The summed E-state index contributed by atoms with van der Waals surface area (Å²) in [6, 6.07) is -0.488. The van der Waals surface area contributed by atoms with Crippen molar-refractivity contribution < 1.29 is 14.4 Å². The van der Waals surface area contributed by atoms with Gasteiger partial charge in [-0.1, -0.05) is 0 Å². The van der Waals surface area contributed by atoms with Gasteiger partial charge in [-0.3, -0.25) is 14.4 Å². The smallest absolute Gasteiger partial charge is 0.244 e. The Labute approximate surface area is 119 Å². The van der Waals surface area contributed by atoms with Gasteiger partial charge in [-0.2, -0.15) is 0 Å². The zero-order valence-electron chi connectivity index (χ0n) is 12.0. The lowest BCUT2D eigenvalue weighted by Crippen LogP contribution is -2.51. The lowest BCUT2D eigenvalue weighted by atomic mass is 9.98. The van der Waals surface area contributed by atoms with E-state index in [1.165, 1.54) is 6.42 Å². The van der Waals surface area contributed by atoms with E-state index in [-0.39, 0.29) is 23.6 Å². The second kappa shape index (κ2) is 6.72. The standard InChI is InChI=1S/C14H23N3O3/c1-10(14(20)17-7-3-2-4-8-17)16-13(19)11-5-6-12(18)15-9-11/h10-11H,2-9H2,1H3,(H,15,18)(H,16,19). The Morgan fingerprint density at radius 2 is 2.00 bits per heavy atom. The van der Waals surface area contributed by atoms with Crippen molar-refractivity contribution >= 4 is 17.7 Å². The molecular formula is C14H23N3O3. The van der Waals surface area contributed by atoms with Crippen LogP contribution in [0.2, 0.25) is 0 Å². The Balaban J connectivity index is 1.80. The van der Waals surface area contributed by atoms with Crippen LogP contribution in [0.4, 0.5) is 0 Å². The summed E-state index contributed by atoms with van der Waals surface area (Å²) in [5.74, 6) is -0.364. The number of carbonyl (C=O) groups is 3. The highest BCUT2D eigenvalue weighted by molar-refractivity contribution is 5.89. The van der Waals surface area contributed by atoms with Gasteiger partial charge in [0.05, 0.1) is 5.92 Å². The van der Waals surface area contributed by atoms with Gasteiger partial charge in [0.25, 0.3) is 0 Å². The van der Waals surface area contributed by atoms with Gasteiger partial charge < -0.3 is 15.5 Å². The molecule has 2 unspecified atom stereocenters. The number of rotatable bonds is 3. The van der Waals surface area contributed by atoms with Crippen molar-refractivity contribution in [1.29, 1.82) is 0 Å². The van der Waals surface area contributed by atoms with Crippen molar-refractivity contribution in [3.05, 3.63) is 0 Å². The van der Waals surface area contributed by atoms with Gasteiger partial charge in [0.1, 0.15) is 6.04 Å². The van der Waals surface area contributed by atoms with E-state index in [0.717, 1.165) is 25.9 Å². The summed E-state index contributed by atoms with van der Waals surface area (Å²) in [7, 11) is 0. The van der Waals surface area contributed by atoms with Crippen LogP contribution in [-0.2, 0) is 14.4 Å². The van der Waals surface area contributed by atoms with Crippen molar-refractivity contribution in [1.82, 2.24) is 15.5 Å². The molecular weight excluding hydrogens is 258 g/mol. The van der Waals surface area contributed by atoms with Crippen molar-refractivity contribution in [3.8, 4) is 0 Å². The summed E-state index contributed by atoms with van der Waals surface area (Å²) in [5, 5.41) is 5.46. The van der Waals surface area contributed by atoms with E-state index in [1.807, 2.05) is 4.90 Å². The minimum atomic E-state index is -0.488. The molecule has 2 saturated heterocycles. The Kier molecular flexibility index (Phi) is 4.98. The minimum Gasteiger partial charge on any atom is -0.355 e. The van der Waals surface area contributed by atoms with Gasteiger partial charge in [-0.25, -0.2) is 0 Å². The molecule has 2 fully saturated rings. The Morgan fingerprint density at radius 3 is 2.60 bits per heavy atom. The number of piperidine rings is 2. The highest BCUT2D eigenvalue weighted by Crippen LogP contribution is 2.13. The predicted molar refractivity (Wildman–Crippen MR) is 73.8 cm³/mol. The highest BCUT2D eigenvalue weighted by atomic mass is 16.2. The quantitative estimate of drug-likeness (QED) is 0.766. The average Bonchev–Trinajstić information content (AvgIpc) is 2.48. The van der Waals surface area contributed by atoms with E-state index in [0.29, 0.717) is 19.4 Å². The fraction of sp³-hybridized carbons (Fsp3) is 0.786. The Hall–Kier alpha value is -1.59. The summed E-state index contributed by atoms with van der Waals surface area (Å²) in [6.45, 7) is 3.68. The van der Waals surface area contributed by atoms with Gasteiger partial charge in [-0.15, -0.1) is 0 Å². The Morgan fingerprint density at radius 1 is 1.30 bits per heavy atom. The molecule has 2 aliphatic heterocycles. The Bertz CT molecular complexity index is 381. The average molecular weight is 281 g/mol. The maximum absolute atomic E-state index is 12.2. The number of hydrogen-bond donors (Lipinski definition) is 2. The molecule has 2 atom stereocenters. The van der Waals surface area contributed by atoms with E-state index in [9.17, 15) is 14.4 Å². The molecule has 2 heterocycles. The van der Waals surface area contributed by atoms with Crippen molar-refractivity contribution in [2.24, 2.45) is 5.92 Å². The molecule has 0 radical (unpaired) electrons. The SMILES string of the molecule is CC(NC(=O)C1CCC(=O)NC1)C(=O)N1CCCCC1. The fourth-order valence-electron chi connectivity index (χ4n) is 2.74. The molecule has 112 valence electrons. The first-order valence-electron chi connectivity index (χ1n) is 7.44. The van der Waals surface area contributed by atoms with E-state index >= 15 is 0 Å². The monoisotopic (exact) mass is 281 g/mol. The lowest BCUT2D eigenvalue weighted by Gasteiger charge is -2.30.